The summed E-state index contributed by atoms with van der Waals surface area (Å²) < 4.78 is 10.4. The minimum Gasteiger partial charge on any atom is -0.496 e. The van der Waals surface area contributed by atoms with Crippen molar-refractivity contribution in [3.8, 4) is 5.75 Å². The first kappa shape index (κ1) is 14.8. The fourth-order valence-electron chi connectivity index (χ4n) is 2.31. The summed E-state index contributed by atoms with van der Waals surface area (Å²) in [5, 5.41) is 15.7. The first-order chi connectivity index (χ1) is 9.77. The molecule has 0 aliphatic rings. The molecule has 0 saturated carbocycles. The van der Waals surface area contributed by atoms with Crippen molar-refractivity contribution in [1.82, 2.24) is 5.32 Å². The molecule has 0 heterocycles. The molecular weight excluding hydrogens is 254 g/mol. The van der Waals surface area contributed by atoms with Crippen molar-refractivity contribution in [3.63, 3.8) is 0 Å². The number of fused-ring (bicyclic) bond motifs is 1. The van der Waals surface area contributed by atoms with E-state index in [1.54, 1.807) is 14.2 Å². The maximum absolute atomic E-state index is 10.4. The molecule has 0 amide bonds. The number of rotatable bonds is 7. The monoisotopic (exact) mass is 275 g/mol. The molecule has 0 spiro atoms. The lowest BCUT2D eigenvalue weighted by molar-refractivity contribution is 0.160. The molecule has 108 valence electrons. The lowest BCUT2D eigenvalue weighted by Crippen LogP contribution is -2.25. The molecule has 1 atom stereocenters. The molecule has 0 aliphatic heterocycles. The Morgan fingerprint density at radius 2 is 1.95 bits per heavy atom. The topological polar surface area (TPSA) is 50.7 Å². The highest BCUT2D eigenvalue weighted by molar-refractivity contribution is 5.88. The summed E-state index contributed by atoms with van der Waals surface area (Å²) >= 11 is 0. The molecule has 4 heteroatoms. The second-order valence-electron chi connectivity index (χ2n) is 4.62. The Bertz CT molecular complexity index is 556. The number of aliphatic hydroxyl groups excluding tert-OH is 1. The van der Waals surface area contributed by atoms with Crippen molar-refractivity contribution in [2.75, 3.05) is 33.9 Å². The molecule has 0 saturated heterocycles. The lowest BCUT2D eigenvalue weighted by atomic mass is 9.99. The van der Waals surface area contributed by atoms with Crippen molar-refractivity contribution in [3.05, 3.63) is 42.0 Å². The van der Waals surface area contributed by atoms with E-state index in [4.69, 9.17) is 9.47 Å². The van der Waals surface area contributed by atoms with E-state index in [2.05, 4.69) is 5.32 Å². The van der Waals surface area contributed by atoms with Gasteiger partial charge in [0.05, 0.1) is 19.8 Å². The van der Waals surface area contributed by atoms with Crippen LogP contribution in [0.4, 0.5) is 0 Å². The second-order valence-corrected chi connectivity index (χ2v) is 4.62. The molecule has 0 aromatic heterocycles. The summed E-state index contributed by atoms with van der Waals surface area (Å²) in [4.78, 5) is 0. The van der Waals surface area contributed by atoms with E-state index in [9.17, 15) is 5.11 Å². The summed E-state index contributed by atoms with van der Waals surface area (Å²) in [6.45, 7) is 1.80. The summed E-state index contributed by atoms with van der Waals surface area (Å²) in [5.41, 5.74) is 0.829. The highest BCUT2D eigenvalue weighted by Gasteiger charge is 2.16. The normalized spacial score (nSPS) is 12.6. The predicted molar refractivity (Wildman–Crippen MR) is 80.2 cm³/mol. The van der Waals surface area contributed by atoms with Gasteiger partial charge in [0.2, 0.25) is 0 Å². The molecule has 2 aromatic rings. The zero-order valence-corrected chi connectivity index (χ0v) is 11.9. The summed E-state index contributed by atoms with van der Waals surface area (Å²) in [6.07, 6.45) is -0.618. The minimum atomic E-state index is -0.618. The highest BCUT2D eigenvalue weighted by Crippen LogP contribution is 2.32. The summed E-state index contributed by atoms with van der Waals surface area (Å²) in [5.74, 6) is 0.713. The average molecular weight is 275 g/mol. The van der Waals surface area contributed by atoms with Crippen LogP contribution in [0.3, 0.4) is 0 Å². The average Bonchev–Trinajstić information content (AvgIpc) is 2.50. The third-order valence-corrected chi connectivity index (χ3v) is 3.30. The number of nitrogens with one attached hydrogen (secondary N) is 1. The Labute approximate surface area is 119 Å². The predicted octanol–water partition coefficient (Wildman–Crippen LogP) is 2.12. The number of hydrogen-bond donors (Lipinski definition) is 2. The lowest BCUT2D eigenvalue weighted by Gasteiger charge is -2.18. The van der Waals surface area contributed by atoms with E-state index in [1.807, 2.05) is 36.4 Å². The van der Waals surface area contributed by atoms with Crippen molar-refractivity contribution in [2.24, 2.45) is 0 Å². The molecule has 0 fully saturated rings. The van der Waals surface area contributed by atoms with Gasteiger partial charge in [-0.1, -0.05) is 30.3 Å². The van der Waals surface area contributed by atoms with Gasteiger partial charge >= 0.3 is 0 Å². The van der Waals surface area contributed by atoms with Crippen LogP contribution < -0.4 is 10.1 Å². The number of benzene rings is 2. The van der Waals surface area contributed by atoms with Crippen LogP contribution in [0, 0.1) is 0 Å². The molecule has 0 aliphatic carbocycles. The van der Waals surface area contributed by atoms with Crippen molar-refractivity contribution >= 4 is 10.8 Å². The Morgan fingerprint density at radius 3 is 2.70 bits per heavy atom. The van der Waals surface area contributed by atoms with Gasteiger partial charge in [-0.2, -0.15) is 0 Å². The third kappa shape index (κ3) is 3.28. The van der Waals surface area contributed by atoms with Crippen LogP contribution in [0.1, 0.15) is 11.7 Å². The van der Waals surface area contributed by atoms with E-state index in [0.717, 1.165) is 16.3 Å². The standard InChI is InChI=1S/C16H21NO3/c1-19-10-9-17-11-14(18)16-13-6-4-3-5-12(13)7-8-15(16)20-2/h3-8,14,17-18H,9-11H2,1-2H3. The van der Waals surface area contributed by atoms with Crippen molar-refractivity contribution in [2.45, 2.75) is 6.10 Å². The molecule has 0 radical (unpaired) electrons. The van der Waals surface area contributed by atoms with Crippen LogP contribution in [-0.4, -0.2) is 39.0 Å². The number of aliphatic hydroxyl groups is 1. The molecule has 1 unspecified atom stereocenters. The van der Waals surface area contributed by atoms with Gasteiger partial charge in [0, 0.05) is 25.8 Å². The van der Waals surface area contributed by atoms with Crippen LogP contribution in [0.25, 0.3) is 10.8 Å². The van der Waals surface area contributed by atoms with Crippen LogP contribution >= 0.6 is 0 Å². The Morgan fingerprint density at radius 1 is 1.15 bits per heavy atom. The maximum atomic E-state index is 10.4. The Balaban J connectivity index is 2.26. The van der Waals surface area contributed by atoms with Gasteiger partial charge in [-0.25, -0.2) is 0 Å². The van der Waals surface area contributed by atoms with E-state index in [0.29, 0.717) is 25.4 Å². The zero-order chi connectivity index (χ0) is 14.4. The molecule has 0 bridgehead atoms. The van der Waals surface area contributed by atoms with Crippen LogP contribution in [0.5, 0.6) is 5.75 Å². The molecule has 2 N–H and O–H groups in total. The quantitative estimate of drug-likeness (QED) is 0.760. The molecule has 20 heavy (non-hydrogen) atoms. The molecule has 4 nitrogen and oxygen atoms in total. The third-order valence-electron chi connectivity index (χ3n) is 3.30. The van der Waals surface area contributed by atoms with Gasteiger partial charge in [-0.15, -0.1) is 0 Å². The summed E-state index contributed by atoms with van der Waals surface area (Å²) in [7, 11) is 3.28. The second kappa shape index (κ2) is 7.24. The van der Waals surface area contributed by atoms with Crippen LogP contribution in [0.15, 0.2) is 36.4 Å². The fourth-order valence-corrected chi connectivity index (χ4v) is 2.31. The van der Waals surface area contributed by atoms with E-state index < -0.39 is 6.10 Å². The van der Waals surface area contributed by atoms with Gasteiger partial charge in [0.25, 0.3) is 0 Å². The minimum absolute atomic E-state index is 0.466. The first-order valence-electron chi connectivity index (χ1n) is 6.71. The zero-order valence-electron chi connectivity index (χ0n) is 11.9. The van der Waals surface area contributed by atoms with E-state index >= 15 is 0 Å². The molecular formula is C16H21NO3. The number of methoxy groups -OCH3 is 2. The number of hydrogen-bond acceptors (Lipinski definition) is 4. The highest BCUT2D eigenvalue weighted by atomic mass is 16.5. The Kier molecular flexibility index (Phi) is 5.35. The SMILES string of the molecule is COCCNCC(O)c1c(OC)ccc2ccccc12. The van der Waals surface area contributed by atoms with Gasteiger partial charge in [0.1, 0.15) is 5.75 Å². The van der Waals surface area contributed by atoms with Crippen molar-refractivity contribution < 1.29 is 14.6 Å². The van der Waals surface area contributed by atoms with Gasteiger partial charge in [0.15, 0.2) is 0 Å². The van der Waals surface area contributed by atoms with Gasteiger partial charge in [-0.3, -0.25) is 0 Å². The first-order valence-corrected chi connectivity index (χ1v) is 6.71. The van der Waals surface area contributed by atoms with Crippen LogP contribution in [0.2, 0.25) is 0 Å². The Hall–Kier alpha value is -1.62. The largest absolute Gasteiger partial charge is 0.496 e. The van der Waals surface area contributed by atoms with E-state index in [-0.39, 0.29) is 0 Å². The van der Waals surface area contributed by atoms with E-state index in [1.165, 1.54) is 0 Å². The number of ether oxygens (including phenoxy) is 2. The maximum Gasteiger partial charge on any atom is 0.125 e. The van der Waals surface area contributed by atoms with Gasteiger partial charge < -0.3 is 19.9 Å². The fraction of sp³-hybridized carbons (Fsp3) is 0.375. The molecule has 2 aromatic carbocycles. The van der Waals surface area contributed by atoms with Crippen LogP contribution in [-0.2, 0) is 4.74 Å². The summed E-state index contributed by atoms with van der Waals surface area (Å²) in [6, 6.07) is 11.9. The molecule has 2 rings (SSSR count). The van der Waals surface area contributed by atoms with Gasteiger partial charge in [-0.05, 0) is 16.8 Å². The van der Waals surface area contributed by atoms with Crippen molar-refractivity contribution in [1.29, 1.82) is 0 Å². The smallest absolute Gasteiger partial charge is 0.125 e.